The minimum atomic E-state index is -0.627. The van der Waals surface area contributed by atoms with Gasteiger partial charge in [-0.05, 0) is 76.9 Å². The molecule has 2 aromatic carbocycles. The third kappa shape index (κ3) is 8.99. The van der Waals surface area contributed by atoms with Gasteiger partial charge in [0.25, 0.3) is 5.91 Å². The molecule has 0 saturated heterocycles. The lowest BCUT2D eigenvalue weighted by molar-refractivity contribution is -0.118. The standard InChI is InChI=1S/C32H37N3O7S2/c1-6-40-30(38)27-24-15-16-35(31(39)42-32(3,4)5)18-25(24)44-29(27)34-28(37)20(2)43-23-14-10-11-21(17-23)33-26(36)19-41-22-12-8-7-9-13-22/h7-14,17,20H,6,15-16,18-19H2,1-5H3,(H,33,36)(H,34,37). The normalized spacial score (nSPS) is 13.3. The molecule has 2 heterocycles. The topological polar surface area (TPSA) is 123 Å². The zero-order valence-electron chi connectivity index (χ0n) is 25.4. The predicted octanol–water partition coefficient (Wildman–Crippen LogP) is 6.35. The molecule has 234 valence electrons. The second-order valence-corrected chi connectivity index (χ2v) is 13.5. The first-order valence-corrected chi connectivity index (χ1v) is 16.0. The van der Waals surface area contributed by atoms with Crippen molar-refractivity contribution in [3.8, 4) is 5.75 Å². The number of carbonyl (C=O) groups excluding carboxylic acids is 4. The Morgan fingerprint density at radius 3 is 2.50 bits per heavy atom. The molecule has 44 heavy (non-hydrogen) atoms. The Kier molecular flexibility index (Phi) is 10.9. The smallest absolute Gasteiger partial charge is 0.410 e. The summed E-state index contributed by atoms with van der Waals surface area (Å²) in [5, 5.41) is 5.61. The highest BCUT2D eigenvalue weighted by Gasteiger charge is 2.33. The monoisotopic (exact) mass is 639 g/mol. The molecule has 3 aromatic rings. The summed E-state index contributed by atoms with van der Waals surface area (Å²) < 4.78 is 16.4. The summed E-state index contributed by atoms with van der Waals surface area (Å²) in [6.45, 7) is 9.64. The summed E-state index contributed by atoms with van der Waals surface area (Å²) in [6.07, 6.45) is 0.0147. The number of para-hydroxylation sites is 1. The van der Waals surface area contributed by atoms with Crippen LogP contribution in [0.5, 0.6) is 5.75 Å². The fraction of sp³-hybridized carbons (Fsp3) is 0.375. The maximum atomic E-state index is 13.3. The van der Waals surface area contributed by atoms with Crippen LogP contribution in [0.25, 0.3) is 0 Å². The fourth-order valence-electron chi connectivity index (χ4n) is 4.37. The van der Waals surface area contributed by atoms with Crippen LogP contribution in [0, 0.1) is 0 Å². The lowest BCUT2D eigenvalue weighted by Gasteiger charge is -2.30. The first-order valence-electron chi connectivity index (χ1n) is 14.3. The maximum Gasteiger partial charge on any atom is 0.410 e. The van der Waals surface area contributed by atoms with Gasteiger partial charge in [-0.3, -0.25) is 9.59 Å². The Morgan fingerprint density at radius 2 is 1.80 bits per heavy atom. The van der Waals surface area contributed by atoms with Gasteiger partial charge in [-0.1, -0.05) is 24.3 Å². The van der Waals surface area contributed by atoms with Crippen molar-refractivity contribution in [1.29, 1.82) is 0 Å². The minimum Gasteiger partial charge on any atom is -0.484 e. The van der Waals surface area contributed by atoms with E-state index < -0.39 is 22.9 Å². The molecule has 1 atom stereocenters. The minimum absolute atomic E-state index is 0.136. The van der Waals surface area contributed by atoms with E-state index >= 15 is 0 Å². The molecule has 0 radical (unpaired) electrons. The zero-order valence-corrected chi connectivity index (χ0v) is 27.1. The number of hydrogen-bond acceptors (Lipinski definition) is 9. The van der Waals surface area contributed by atoms with Gasteiger partial charge in [0, 0.05) is 22.0 Å². The van der Waals surface area contributed by atoms with Crippen molar-refractivity contribution >= 4 is 57.7 Å². The number of rotatable bonds is 10. The molecular weight excluding hydrogens is 603 g/mol. The van der Waals surface area contributed by atoms with Crippen molar-refractivity contribution in [3.05, 3.63) is 70.6 Å². The molecule has 2 N–H and O–H groups in total. The highest BCUT2D eigenvalue weighted by atomic mass is 32.2. The fourth-order valence-corrected chi connectivity index (χ4v) is 6.55. The molecule has 0 saturated carbocycles. The number of thioether (sulfide) groups is 1. The van der Waals surface area contributed by atoms with Crippen molar-refractivity contribution in [2.45, 2.75) is 63.3 Å². The molecule has 1 aliphatic heterocycles. The number of carbonyl (C=O) groups is 4. The third-order valence-electron chi connectivity index (χ3n) is 6.34. The average molecular weight is 640 g/mol. The number of ether oxygens (including phenoxy) is 3. The van der Waals surface area contributed by atoms with Crippen LogP contribution in [-0.4, -0.2) is 59.4 Å². The lowest BCUT2D eigenvalue weighted by Crippen LogP contribution is -2.39. The number of amides is 3. The highest BCUT2D eigenvalue weighted by molar-refractivity contribution is 8.00. The summed E-state index contributed by atoms with van der Waals surface area (Å²) in [7, 11) is 0. The predicted molar refractivity (Wildman–Crippen MR) is 172 cm³/mol. The molecule has 1 aromatic heterocycles. The number of hydrogen-bond donors (Lipinski definition) is 2. The highest BCUT2D eigenvalue weighted by Crippen LogP contribution is 2.38. The molecule has 0 spiro atoms. The first kappa shape index (κ1) is 32.9. The number of thiophene rings is 1. The molecule has 0 fully saturated rings. The van der Waals surface area contributed by atoms with Crippen LogP contribution in [0.15, 0.2) is 59.5 Å². The molecule has 1 aliphatic rings. The molecule has 4 rings (SSSR count). The third-order valence-corrected chi connectivity index (χ3v) is 8.56. The second-order valence-electron chi connectivity index (χ2n) is 11.0. The van der Waals surface area contributed by atoms with Gasteiger partial charge in [-0.15, -0.1) is 23.1 Å². The van der Waals surface area contributed by atoms with Crippen molar-refractivity contribution in [2.24, 2.45) is 0 Å². The van der Waals surface area contributed by atoms with Gasteiger partial charge in [-0.2, -0.15) is 0 Å². The Morgan fingerprint density at radius 1 is 1.05 bits per heavy atom. The summed E-state index contributed by atoms with van der Waals surface area (Å²) in [5.74, 6) is -0.509. The Labute approximate surface area is 265 Å². The van der Waals surface area contributed by atoms with Gasteiger partial charge >= 0.3 is 12.1 Å². The first-order chi connectivity index (χ1) is 20.9. The van der Waals surface area contributed by atoms with E-state index in [1.165, 1.54) is 23.1 Å². The number of benzene rings is 2. The maximum absolute atomic E-state index is 13.3. The van der Waals surface area contributed by atoms with E-state index in [9.17, 15) is 19.2 Å². The van der Waals surface area contributed by atoms with Crippen molar-refractivity contribution in [3.63, 3.8) is 0 Å². The molecule has 12 heteroatoms. The SMILES string of the molecule is CCOC(=O)c1c(NC(=O)C(C)Sc2cccc(NC(=O)COc3ccccc3)c2)sc2c1CCN(C(=O)OC(C)(C)C)C2. The number of esters is 1. The van der Waals surface area contributed by atoms with Gasteiger partial charge in [0.2, 0.25) is 5.91 Å². The number of nitrogens with one attached hydrogen (secondary N) is 2. The van der Waals surface area contributed by atoms with E-state index in [0.29, 0.717) is 35.0 Å². The number of anilines is 2. The van der Waals surface area contributed by atoms with Crippen LogP contribution in [0.2, 0.25) is 0 Å². The van der Waals surface area contributed by atoms with E-state index in [1.54, 1.807) is 49.1 Å². The Balaban J connectivity index is 1.41. The van der Waals surface area contributed by atoms with E-state index in [1.807, 2.05) is 45.0 Å². The van der Waals surface area contributed by atoms with Gasteiger partial charge in [0.1, 0.15) is 16.4 Å². The van der Waals surface area contributed by atoms with Gasteiger partial charge in [-0.25, -0.2) is 9.59 Å². The van der Waals surface area contributed by atoms with Crippen LogP contribution < -0.4 is 15.4 Å². The van der Waals surface area contributed by atoms with E-state index in [4.69, 9.17) is 14.2 Å². The molecular formula is C32H37N3O7S2. The Hall–Kier alpha value is -4.03. The largest absolute Gasteiger partial charge is 0.484 e. The quantitative estimate of drug-likeness (QED) is 0.194. The van der Waals surface area contributed by atoms with Crippen LogP contribution in [0.3, 0.4) is 0 Å². The Bertz CT molecular complexity index is 1500. The molecule has 0 aliphatic carbocycles. The van der Waals surface area contributed by atoms with Gasteiger partial charge in [0.05, 0.1) is 24.0 Å². The molecule has 0 bridgehead atoms. The van der Waals surface area contributed by atoms with Crippen LogP contribution >= 0.6 is 23.1 Å². The van der Waals surface area contributed by atoms with Crippen molar-refractivity contribution in [1.82, 2.24) is 4.90 Å². The number of fused-ring (bicyclic) bond motifs is 1. The van der Waals surface area contributed by atoms with Crippen LogP contribution in [-0.2, 0) is 32.0 Å². The molecule has 3 amide bonds. The summed E-state index contributed by atoms with van der Waals surface area (Å²) >= 11 is 2.58. The van der Waals surface area contributed by atoms with Crippen molar-refractivity contribution in [2.75, 3.05) is 30.4 Å². The summed E-state index contributed by atoms with van der Waals surface area (Å²) in [4.78, 5) is 54.6. The van der Waals surface area contributed by atoms with Crippen molar-refractivity contribution < 1.29 is 33.4 Å². The van der Waals surface area contributed by atoms with Gasteiger partial charge in [0.15, 0.2) is 6.61 Å². The van der Waals surface area contributed by atoms with E-state index in [2.05, 4.69) is 10.6 Å². The van der Waals surface area contributed by atoms with Crippen LogP contribution in [0.1, 0.15) is 55.4 Å². The molecule has 1 unspecified atom stereocenters. The van der Waals surface area contributed by atoms with Gasteiger partial charge < -0.3 is 29.7 Å². The van der Waals surface area contributed by atoms with E-state index in [0.717, 1.165) is 15.3 Å². The zero-order chi connectivity index (χ0) is 31.9. The lowest BCUT2D eigenvalue weighted by atomic mass is 10.0. The summed E-state index contributed by atoms with van der Waals surface area (Å²) in [5.41, 5.74) is 1.07. The van der Waals surface area contributed by atoms with Crippen LogP contribution in [0.4, 0.5) is 15.5 Å². The summed E-state index contributed by atoms with van der Waals surface area (Å²) in [6, 6.07) is 16.3. The van der Waals surface area contributed by atoms with E-state index in [-0.39, 0.29) is 31.6 Å². The average Bonchev–Trinajstić information content (AvgIpc) is 3.33. The molecule has 10 nitrogen and oxygen atoms in total. The number of nitrogens with zero attached hydrogens (tertiary/aromatic N) is 1. The second kappa shape index (κ2) is 14.6.